The number of hydrogen-bond acceptors (Lipinski definition) is 3. The standard InChI is InChI=1S/C15H19F3N2O3/c1-4-9(2)12(13(21)23-3)20-14(22)19-11-7-5-6-10(8-11)15(16,17)18/h5-9,12H,4H2,1-3H3,(H2,19,20,22)/t9-,12-/m1/s1. The van der Waals surface area contributed by atoms with Crippen LogP contribution in [0, 0.1) is 5.92 Å². The van der Waals surface area contributed by atoms with Crippen molar-refractivity contribution in [3.05, 3.63) is 29.8 Å². The predicted octanol–water partition coefficient (Wildman–Crippen LogP) is 3.41. The number of urea groups is 1. The molecule has 0 aliphatic carbocycles. The molecule has 0 unspecified atom stereocenters. The summed E-state index contributed by atoms with van der Waals surface area (Å²) in [5.74, 6) is -0.798. The molecule has 128 valence electrons. The lowest BCUT2D eigenvalue weighted by Gasteiger charge is -2.22. The van der Waals surface area contributed by atoms with Crippen molar-refractivity contribution in [2.45, 2.75) is 32.5 Å². The Kier molecular flexibility index (Phi) is 6.41. The van der Waals surface area contributed by atoms with Crippen LogP contribution in [0.25, 0.3) is 0 Å². The van der Waals surface area contributed by atoms with Gasteiger partial charge in [-0.1, -0.05) is 26.3 Å². The van der Waals surface area contributed by atoms with Crippen molar-refractivity contribution in [2.24, 2.45) is 5.92 Å². The summed E-state index contributed by atoms with van der Waals surface area (Å²) in [5.41, 5.74) is -0.896. The smallest absolute Gasteiger partial charge is 0.416 e. The van der Waals surface area contributed by atoms with Crippen LogP contribution in [0.5, 0.6) is 0 Å². The molecule has 23 heavy (non-hydrogen) atoms. The number of ether oxygens (including phenoxy) is 1. The van der Waals surface area contributed by atoms with Gasteiger partial charge in [-0.05, 0) is 24.1 Å². The lowest BCUT2D eigenvalue weighted by molar-refractivity contribution is -0.144. The maximum absolute atomic E-state index is 12.6. The van der Waals surface area contributed by atoms with E-state index in [0.717, 1.165) is 12.1 Å². The van der Waals surface area contributed by atoms with E-state index >= 15 is 0 Å². The van der Waals surface area contributed by atoms with Gasteiger partial charge in [0.1, 0.15) is 6.04 Å². The number of methoxy groups -OCH3 is 1. The van der Waals surface area contributed by atoms with Gasteiger partial charge in [0.05, 0.1) is 12.7 Å². The number of rotatable bonds is 5. The van der Waals surface area contributed by atoms with E-state index in [4.69, 9.17) is 0 Å². The predicted molar refractivity (Wildman–Crippen MR) is 78.9 cm³/mol. The van der Waals surface area contributed by atoms with Crippen LogP contribution in [-0.4, -0.2) is 25.2 Å². The molecule has 0 aromatic heterocycles. The van der Waals surface area contributed by atoms with Crippen LogP contribution in [0.15, 0.2) is 24.3 Å². The molecule has 2 N–H and O–H groups in total. The Balaban J connectivity index is 2.81. The van der Waals surface area contributed by atoms with Crippen LogP contribution in [0.2, 0.25) is 0 Å². The highest BCUT2D eigenvalue weighted by Crippen LogP contribution is 2.30. The van der Waals surface area contributed by atoms with Gasteiger partial charge in [-0.2, -0.15) is 13.2 Å². The van der Waals surface area contributed by atoms with Crippen molar-refractivity contribution in [1.82, 2.24) is 5.32 Å². The van der Waals surface area contributed by atoms with Gasteiger partial charge in [0.25, 0.3) is 0 Å². The topological polar surface area (TPSA) is 67.4 Å². The fourth-order valence-corrected chi connectivity index (χ4v) is 1.88. The molecule has 0 heterocycles. The van der Waals surface area contributed by atoms with Gasteiger partial charge in [0, 0.05) is 5.69 Å². The molecule has 0 bridgehead atoms. The van der Waals surface area contributed by atoms with E-state index in [-0.39, 0.29) is 11.6 Å². The van der Waals surface area contributed by atoms with E-state index in [1.165, 1.54) is 19.2 Å². The number of nitrogens with one attached hydrogen (secondary N) is 2. The maximum Gasteiger partial charge on any atom is 0.416 e. The van der Waals surface area contributed by atoms with Crippen molar-refractivity contribution in [3.63, 3.8) is 0 Å². The Labute approximate surface area is 132 Å². The third-order valence-corrected chi connectivity index (χ3v) is 3.40. The van der Waals surface area contributed by atoms with Gasteiger partial charge in [-0.3, -0.25) is 0 Å². The monoisotopic (exact) mass is 332 g/mol. The third kappa shape index (κ3) is 5.46. The van der Waals surface area contributed by atoms with E-state index in [1.54, 1.807) is 6.92 Å². The van der Waals surface area contributed by atoms with Gasteiger partial charge in [-0.15, -0.1) is 0 Å². The minimum Gasteiger partial charge on any atom is -0.467 e. The number of carbonyl (C=O) groups excluding carboxylic acids is 2. The number of anilines is 1. The van der Waals surface area contributed by atoms with Crippen LogP contribution in [0.4, 0.5) is 23.7 Å². The minimum atomic E-state index is -4.50. The first-order valence-electron chi connectivity index (χ1n) is 7.01. The number of carbonyl (C=O) groups is 2. The molecule has 1 aromatic carbocycles. The number of benzene rings is 1. The van der Waals surface area contributed by atoms with Crippen molar-refractivity contribution in [1.29, 1.82) is 0 Å². The number of halogens is 3. The normalized spacial score (nSPS) is 13.8. The third-order valence-electron chi connectivity index (χ3n) is 3.40. The molecule has 2 atom stereocenters. The summed E-state index contributed by atoms with van der Waals surface area (Å²) in [6, 6.07) is 2.57. The summed E-state index contributed by atoms with van der Waals surface area (Å²) in [5, 5.41) is 4.70. The van der Waals surface area contributed by atoms with E-state index < -0.39 is 29.8 Å². The number of esters is 1. The van der Waals surface area contributed by atoms with Gasteiger partial charge < -0.3 is 15.4 Å². The summed E-state index contributed by atoms with van der Waals surface area (Å²) in [6.45, 7) is 3.60. The molecule has 0 fully saturated rings. The first-order chi connectivity index (χ1) is 10.7. The van der Waals surface area contributed by atoms with Gasteiger partial charge >= 0.3 is 18.2 Å². The van der Waals surface area contributed by atoms with E-state index in [0.29, 0.717) is 6.42 Å². The van der Waals surface area contributed by atoms with E-state index in [1.807, 2.05) is 6.92 Å². The van der Waals surface area contributed by atoms with E-state index in [2.05, 4.69) is 15.4 Å². The highest BCUT2D eigenvalue weighted by molar-refractivity contribution is 5.92. The fourth-order valence-electron chi connectivity index (χ4n) is 1.88. The van der Waals surface area contributed by atoms with Crippen LogP contribution in [-0.2, 0) is 15.7 Å². The molecular weight excluding hydrogens is 313 g/mol. The molecule has 0 radical (unpaired) electrons. The SMILES string of the molecule is CC[C@@H](C)[C@@H](NC(=O)Nc1cccc(C(F)(F)F)c1)C(=O)OC. The zero-order valence-corrected chi connectivity index (χ0v) is 13.0. The fraction of sp³-hybridized carbons (Fsp3) is 0.467. The highest BCUT2D eigenvalue weighted by atomic mass is 19.4. The summed E-state index contributed by atoms with van der Waals surface area (Å²) in [6.07, 6.45) is -3.89. The average Bonchev–Trinajstić information content (AvgIpc) is 2.50. The van der Waals surface area contributed by atoms with Crippen molar-refractivity contribution in [2.75, 3.05) is 12.4 Å². The summed E-state index contributed by atoms with van der Waals surface area (Å²) < 4.78 is 42.5. The van der Waals surface area contributed by atoms with Crippen molar-refractivity contribution < 1.29 is 27.5 Å². The molecule has 0 saturated carbocycles. The second kappa shape index (κ2) is 7.85. The molecule has 0 aliphatic rings. The molecule has 0 saturated heterocycles. The highest BCUT2D eigenvalue weighted by Gasteiger charge is 2.31. The zero-order chi connectivity index (χ0) is 17.6. The summed E-state index contributed by atoms with van der Waals surface area (Å²) >= 11 is 0. The quantitative estimate of drug-likeness (QED) is 0.812. The van der Waals surface area contributed by atoms with Crippen LogP contribution >= 0.6 is 0 Å². The summed E-state index contributed by atoms with van der Waals surface area (Å²) in [4.78, 5) is 23.6. The first-order valence-corrected chi connectivity index (χ1v) is 7.01. The Morgan fingerprint density at radius 1 is 1.30 bits per heavy atom. The largest absolute Gasteiger partial charge is 0.467 e. The molecule has 2 amide bonds. The molecule has 8 heteroatoms. The second-order valence-corrected chi connectivity index (χ2v) is 5.06. The molecule has 5 nitrogen and oxygen atoms in total. The van der Waals surface area contributed by atoms with Gasteiger partial charge in [0.15, 0.2) is 0 Å². The average molecular weight is 332 g/mol. The Hall–Kier alpha value is -2.25. The van der Waals surface area contributed by atoms with Crippen LogP contribution in [0.3, 0.4) is 0 Å². The number of hydrogen-bond donors (Lipinski definition) is 2. The number of amides is 2. The first kappa shape index (κ1) is 18.8. The van der Waals surface area contributed by atoms with Gasteiger partial charge in [-0.25, -0.2) is 9.59 Å². The van der Waals surface area contributed by atoms with Crippen molar-refractivity contribution >= 4 is 17.7 Å². The minimum absolute atomic E-state index is 0.0231. The van der Waals surface area contributed by atoms with Crippen LogP contribution in [0.1, 0.15) is 25.8 Å². The number of alkyl halides is 3. The van der Waals surface area contributed by atoms with Crippen molar-refractivity contribution in [3.8, 4) is 0 Å². The zero-order valence-electron chi connectivity index (χ0n) is 13.0. The van der Waals surface area contributed by atoms with E-state index in [9.17, 15) is 22.8 Å². The maximum atomic E-state index is 12.6. The molecular formula is C15H19F3N2O3. The molecule has 1 rings (SSSR count). The molecule has 0 spiro atoms. The molecule has 0 aliphatic heterocycles. The Morgan fingerprint density at radius 2 is 1.96 bits per heavy atom. The Bertz CT molecular complexity index is 561. The Morgan fingerprint density at radius 3 is 2.48 bits per heavy atom. The molecule has 1 aromatic rings. The second-order valence-electron chi connectivity index (χ2n) is 5.06. The lowest BCUT2D eigenvalue weighted by Crippen LogP contribution is -2.47. The summed E-state index contributed by atoms with van der Waals surface area (Å²) in [7, 11) is 1.20. The lowest BCUT2D eigenvalue weighted by atomic mass is 9.99. The van der Waals surface area contributed by atoms with Gasteiger partial charge in [0.2, 0.25) is 0 Å². The van der Waals surface area contributed by atoms with Crippen LogP contribution < -0.4 is 10.6 Å².